The summed E-state index contributed by atoms with van der Waals surface area (Å²) in [6.07, 6.45) is 0. The molecule has 0 radical (unpaired) electrons. The highest BCUT2D eigenvalue weighted by Gasteiger charge is 2.22. The van der Waals surface area contributed by atoms with Crippen molar-refractivity contribution in [2.45, 2.75) is 0 Å². The second-order valence-corrected chi connectivity index (χ2v) is 4.72. The Morgan fingerprint density at radius 3 is 2.61 bits per heavy atom. The molecule has 1 aliphatic heterocycles. The van der Waals surface area contributed by atoms with Gasteiger partial charge in [-0.1, -0.05) is 0 Å². The highest BCUT2D eigenvalue weighted by Crippen LogP contribution is 2.36. The van der Waals surface area contributed by atoms with Gasteiger partial charge in [-0.2, -0.15) is 0 Å². The Morgan fingerprint density at radius 1 is 1.26 bits per heavy atom. The zero-order chi connectivity index (χ0) is 16.7. The van der Waals surface area contributed by atoms with Crippen LogP contribution in [-0.2, 0) is 0 Å². The first-order chi connectivity index (χ1) is 11.0. The van der Waals surface area contributed by atoms with Gasteiger partial charge >= 0.3 is 5.97 Å². The molecule has 0 fully saturated rings. The highest BCUT2D eigenvalue weighted by molar-refractivity contribution is 5.95. The molecule has 0 aromatic heterocycles. The van der Waals surface area contributed by atoms with Crippen molar-refractivity contribution in [3.05, 3.63) is 34.0 Å². The molecule has 3 rings (SSSR count). The fourth-order valence-electron chi connectivity index (χ4n) is 2.28. The Balaban J connectivity index is 2.47. The maximum Gasteiger partial charge on any atom is 0.335 e. The lowest BCUT2D eigenvalue weighted by molar-refractivity contribution is 0.0696. The number of fused-ring (bicyclic) bond motifs is 2. The number of anilines is 1. The van der Waals surface area contributed by atoms with E-state index in [1.54, 1.807) is 0 Å². The van der Waals surface area contributed by atoms with Gasteiger partial charge in [0.2, 0.25) is 11.2 Å². The standard InChI is InChI=1S/C15H12N2O6/c1-21-10-4-6(15(19)20)3-8-12(10)23-13-9(17-8)5-7(16)11(18)14(13)22-2/h3-5H,16H2,1-2H3,(H,19,20). The van der Waals surface area contributed by atoms with Gasteiger partial charge in [0.1, 0.15) is 11.2 Å². The van der Waals surface area contributed by atoms with Crippen LogP contribution >= 0.6 is 0 Å². The van der Waals surface area contributed by atoms with Gasteiger partial charge in [-0.25, -0.2) is 9.78 Å². The van der Waals surface area contributed by atoms with Crippen LogP contribution in [0.15, 0.2) is 27.4 Å². The number of ether oxygens (including phenoxy) is 2. The molecule has 1 heterocycles. The normalized spacial score (nSPS) is 10.9. The summed E-state index contributed by atoms with van der Waals surface area (Å²) in [5.41, 5.74) is 5.83. The number of nitrogen functional groups attached to an aromatic ring is 1. The third-order valence-corrected chi connectivity index (χ3v) is 3.35. The van der Waals surface area contributed by atoms with Crippen molar-refractivity contribution in [2.24, 2.45) is 0 Å². The second kappa shape index (κ2) is 5.16. The number of hydrogen-bond acceptors (Lipinski definition) is 7. The van der Waals surface area contributed by atoms with E-state index in [-0.39, 0.29) is 45.3 Å². The van der Waals surface area contributed by atoms with E-state index < -0.39 is 11.4 Å². The zero-order valence-corrected chi connectivity index (χ0v) is 12.2. The molecule has 1 aromatic carbocycles. The van der Waals surface area contributed by atoms with Gasteiger partial charge in [-0.15, -0.1) is 0 Å². The van der Waals surface area contributed by atoms with Gasteiger partial charge < -0.3 is 24.7 Å². The average Bonchev–Trinajstić information content (AvgIpc) is 2.53. The third kappa shape index (κ3) is 2.20. The van der Waals surface area contributed by atoms with E-state index in [4.69, 9.17) is 24.7 Å². The number of aromatic carboxylic acids is 1. The molecule has 0 spiro atoms. The van der Waals surface area contributed by atoms with Gasteiger partial charge in [0.05, 0.1) is 25.5 Å². The van der Waals surface area contributed by atoms with E-state index in [0.717, 1.165) is 0 Å². The van der Waals surface area contributed by atoms with Crippen LogP contribution in [0.1, 0.15) is 10.4 Å². The molecule has 1 aliphatic carbocycles. The van der Waals surface area contributed by atoms with Crippen LogP contribution in [-0.4, -0.2) is 30.3 Å². The average molecular weight is 316 g/mol. The Labute approximate surface area is 129 Å². The van der Waals surface area contributed by atoms with E-state index in [1.807, 2.05) is 0 Å². The Bertz CT molecular complexity index is 962. The maximum absolute atomic E-state index is 12.0. The van der Waals surface area contributed by atoms with Crippen molar-refractivity contribution in [3.8, 4) is 23.0 Å². The quantitative estimate of drug-likeness (QED) is 0.551. The number of aromatic nitrogens is 1. The minimum atomic E-state index is -1.13. The van der Waals surface area contributed by atoms with Crippen LogP contribution in [0.4, 0.5) is 5.69 Å². The first kappa shape index (κ1) is 14.6. The summed E-state index contributed by atoms with van der Waals surface area (Å²) in [5, 5.41) is 9.14. The summed E-state index contributed by atoms with van der Waals surface area (Å²) >= 11 is 0. The fourth-order valence-corrected chi connectivity index (χ4v) is 2.28. The molecule has 3 N–H and O–H groups in total. The molecule has 23 heavy (non-hydrogen) atoms. The number of nitrogens with zero attached hydrogens (tertiary/aromatic N) is 1. The third-order valence-electron chi connectivity index (χ3n) is 3.35. The van der Waals surface area contributed by atoms with Crippen LogP contribution in [0, 0.1) is 0 Å². The molecular formula is C15H12N2O6. The minimum Gasteiger partial charge on any atom is -0.493 e. The number of carboxylic acids is 1. The first-order valence-electron chi connectivity index (χ1n) is 6.48. The molecule has 2 aliphatic rings. The van der Waals surface area contributed by atoms with Gasteiger partial charge in [0, 0.05) is 0 Å². The van der Waals surface area contributed by atoms with Crippen LogP contribution in [0.3, 0.4) is 0 Å². The fraction of sp³-hybridized carbons (Fsp3) is 0.133. The Morgan fingerprint density at radius 2 is 2.00 bits per heavy atom. The van der Waals surface area contributed by atoms with Gasteiger partial charge in [-0.3, -0.25) is 4.79 Å². The highest BCUT2D eigenvalue weighted by atomic mass is 16.5. The maximum atomic E-state index is 12.0. The largest absolute Gasteiger partial charge is 0.493 e. The van der Waals surface area contributed by atoms with E-state index in [9.17, 15) is 9.59 Å². The molecule has 0 amide bonds. The lowest BCUT2D eigenvalue weighted by atomic mass is 10.1. The van der Waals surface area contributed by atoms with Crippen molar-refractivity contribution in [1.29, 1.82) is 0 Å². The van der Waals surface area contributed by atoms with Crippen molar-refractivity contribution >= 4 is 22.8 Å². The lowest BCUT2D eigenvalue weighted by Crippen LogP contribution is -2.13. The van der Waals surface area contributed by atoms with E-state index in [0.29, 0.717) is 0 Å². The van der Waals surface area contributed by atoms with Crippen molar-refractivity contribution in [2.75, 3.05) is 20.0 Å². The summed E-state index contributed by atoms with van der Waals surface area (Å²) in [6.45, 7) is 0. The lowest BCUT2D eigenvalue weighted by Gasteiger charge is -2.13. The summed E-state index contributed by atoms with van der Waals surface area (Å²) in [5.74, 6) is -0.904. The van der Waals surface area contributed by atoms with Crippen LogP contribution < -0.4 is 20.6 Å². The SMILES string of the molecule is COc1c2oc3c(OC)cc(C(=O)O)cc3nc-2cc(N)c1=O. The molecule has 0 bridgehead atoms. The molecular weight excluding hydrogens is 304 g/mol. The number of methoxy groups -OCH3 is 2. The summed E-state index contributed by atoms with van der Waals surface area (Å²) < 4.78 is 15.9. The van der Waals surface area contributed by atoms with Crippen LogP contribution in [0.25, 0.3) is 22.6 Å². The van der Waals surface area contributed by atoms with E-state index in [1.165, 1.54) is 32.4 Å². The van der Waals surface area contributed by atoms with E-state index >= 15 is 0 Å². The monoisotopic (exact) mass is 316 g/mol. The number of benzene rings is 2. The smallest absolute Gasteiger partial charge is 0.335 e. The molecule has 8 heteroatoms. The molecule has 0 saturated carbocycles. The van der Waals surface area contributed by atoms with Crippen molar-refractivity contribution in [1.82, 2.24) is 4.98 Å². The minimum absolute atomic E-state index is 0.00298. The summed E-state index contributed by atoms with van der Waals surface area (Å²) in [4.78, 5) is 27.5. The second-order valence-electron chi connectivity index (χ2n) is 4.72. The summed E-state index contributed by atoms with van der Waals surface area (Å²) in [7, 11) is 2.69. The predicted molar refractivity (Wildman–Crippen MR) is 81.4 cm³/mol. The van der Waals surface area contributed by atoms with Gasteiger partial charge in [-0.05, 0) is 18.2 Å². The van der Waals surface area contributed by atoms with Crippen molar-refractivity contribution in [3.63, 3.8) is 0 Å². The number of carboxylic acid groups (broad SMARTS) is 1. The predicted octanol–water partition coefficient (Wildman–Crippen LogP) is 1.59. The number of hydrogen-bond donors (Lipinski definition) is 2. The number of rotatable bonds is 3. The first-order valence-corrected chi connectivity index (χ1v) is 6.48. The van der Waals surface area contributed by atoms with E-state index in [2.05, 4.69) is 4.98 Å². The molecule has 8 nitrogen and oxygen atoms in total. The van der Waals surface area contributed by atoms with Gasteiger partial charge in [0.25, 0.3) is 0 Å². The summed E-state index contributed by atoms with van der Waals surface area (Å²) in [6, 6.07) is 4.00. The van der Waals surface area contributed by atoms with Crippen LogP contribution in [0.5, 0.6) is 11.5 Å². The number of nitrogens with two attached hydrogens (primary N) is 1. The topological polar surface area (TPSA) is 125 Å². The van der Waals surface area contributed by atoms with Gasteiger partial charge in [0.15, 0.2) is 17.1 Å². The van der Waals surface area contributed by atoms with Crippen molar-refractivity contribution < 1.29 is 23.8 Å². The molecule has 118 valence electrons. The Hall–Kier alpha value is -3.29. The molecule has 0 atom stereocenters. The Kier molecular flexibility index (Phi) is 3.29. The molecule has 1 aromatic rings. The molecule has 0 saturated heterocycles. The number of carbonyl (C=O) groups is 1. The van der Waals surface area contributed by atoms with Crippen LogP contribution in [0.2, 0.25) is 0 Å². The molecule has 0 unspecified atom stereocenters. The zero-order valence-electron chi connectivity index (χ0n) is 12.2.